The minimum Gasteiger partial charge on any atom is -0.444 e. The van der Waals surface area contributed by atoms with Gasteiger partial charge in [0.25, 0.3) is 0 Å². The summed E-state index contributed by atoms with van der Waals surface area (Å²) in [6.07, 6.45) is 2.05. The number of amides is 2. The second-order valence-electron chi connectivity index (χ2n) is 13.2. The Bertz CT molecular complexity index is 1700. The second-order valence-corrected chi connectivity index (χ2v) is 14.3. The number of azide groups is 1. The first-order valence-corrected chi connectivity index (χ1v) is 17.0. The van der Waals surface area contributed by atoms with Crippen LogP contribution >= 0.6 is 11.9 Å². The number of ether oxygens (including phenoxy) is 1. The fraction of sp³-hybridized carbons (Fsp3) is 0.429. The van der Waals surface area contributed by atoms with Crippen molar-refractivity contribution in [3.63, 3.8) is 0 Å². The Labute approximate surface area is 286 Å². The number of anilines is 1. The van der Waals surface area contributed by atoms with Gasteiger partial charge in [-0.3, -0.25) is 4.79 Å². The van der Waals surface area contributed by atoms with Gasteiger partial charge in [0.15, 0.2) is 0 Å². The van der Waals surface area contributed by atoms with Gasteiger partial charge in [-0.25, -0.2) is 26.7 Å². The molecule has 2 fully saturated rings. The lowest BCUT2D eigenvalue weighted by Crippen LogP contribution is -2.58. The van der Waals surface area contributed by atoms with Crippen LogP contribution in [-0.2, 0) is 16.0 Å². The van der Waals surface area contributed by atoms with E-state index in [0.717, 1.165) is 42.9 Å². The average molecular weight is 699 g/mol. The summed E-state index contributed by atoms with van der Waals surface area (Å²) in [5, 5.41) is 6.38. The van der Waals surface area contributed by atoms with Gasteiger partial charge >= 0.3 is 6.09 Å². The van der Waals surface area contributed by atoms with Gasteiger partial charge in [0.05, 0.1) is 0 Å². The van der Waals surface area contributed by atoms with Crippen LogP contribution in [0.25, 0.3) is 10.4 Å². The van der Waals surface area contributed by atoms with E-state index in [-0.39, 0.29) is 47.0 Å². The summed E-state index contributed by atoms with van der Waals surface area (Å²) in [6, 6.07) is 10.1. The molecule has 5 rings (SSSR count). The van der Waals surface area contributed by atoms with Crippen LogP contribution in [0.2, 0.25) is 0 Å². The molecular weight excluding hydrogens is 660 g/mol. The predicted octanol–water partition coefficient (Wildman–Crippen LogP) is 8.36. The minimum absolute atomic E-state index is 0.00245. The van der Waals surface area contributed by atoms with Crippen molar-refractivity contribution in [3.8, 4) is 0 Å². The highest BCUT2D eigenvalue weighted by Crippen LogP contribution is 2.35. The first-order chi connectivity index (χ1) is 23.3. The minimum atomic E-state index is -1.60. The molecule has 2 amide bonds. The molecule has 2 saturated heterocycles. The smallest absolute Gasteiger partial charge is 0.410 e. The van der Waals surface area contributed by atoms with Crippen molar-refractivity contribution >= 4 is 29.6 Å². The molecule has 2 bridgehead atoms. The molecule has 0 aromatic heterocycles. The van der Waals surface area contributed by atoms with Crippen LogP contribution in [0.1, 0.15) is 62.6 Å². The van der Waals surface area contributed by atoms with Crippen molar-refractivity contribution in [1.82, 2.24) is 9.21 Å². The lowest BCUT2D eigenvalue weighted by molar-refractivity contribution is -0.117. The maximum atomic E-state index is 15.5. The normalized spacial score (nSPS) is 20.4. The van der Waals surface area contributed by atoms with Crippen molar-refractivity contribution in [2.45, 2.75) is 76.1 Å². The predicted molar refractivity (Wildman–Crippen MR) is 180 cm³/mol. The third-order valence-electron chi connectivity index (χ3n) is 8.55. The maximum Gasteiger partial charge on any atom is 0.410 e. The molecule has 0 radical (unpaired) electrons. The molecule has 3 aromatic rings. The lowest BCUT2D eigenvalue weighted by Gasteiger charge is -2.44. The van der Waals surface area contributed by atoms with E-state index in [1.165, 1.54) is 30.3 Å². The number of nitrogens with one attached hydrogen (secondary N) is 1. The molecule has 49 heavy (non-hydrogen) atoms. The molecule has 2 heterocycles. The highest BCUT2D eigenvalue weighted by atomic mass is 32.2. The summed E-state index contributed by atoms with van der Waals surface area (Å²) in [5.41, 5.74) is 9.38. The van der Waals surface area contributed by atoms with Crippen molar-refractivity contribution in [2.24, 2.45) is 5.11 Å². The molecule has 2 aliphatic heterocycles. The standard InChI is InChI=1S/C35H38F4N6O3S/c1-35(2,3)48-34(47)44-19-27(45-20-26(44)6-5-15-49-45)13-14-28-29(39)7-4-8-30(28)41-33(46)32(42-43-40)31(21-9-11-23(36)12-10-21)22-16-24(37)18-25(38)17-22/h4,7-12,16-18,26-27,31-32H,5-6,13-15,19-20H2,1-3H3,(H,41,46)/t26?,27?,31-,32-/m0/s1. The molecule has 2 aliphatic rings. The summed E-state index contributed by atoms with van der Waals surface area (Å²) >= 11 is 1.71. The van der Waals surface area contributed by atoms with Crippen molar-refractivity contribution in [2.75, 3.05) is 24.2 Å². The Morgan fingerprint density at radius 3 is 2.41 bits per heavy atom. The highest BCUT2D eigenvalue weighted by Gasteiger charge is 2.40. The van der Waals surface area contributed by atoms with E-state index in [1.807, 2.05) is 20.8 Å². The second kappa shape index (κ2) is 15.5. The van der Waals surface area contributed by atoms with Crippen molar-refractivity contribution in [1.29, 1.82) is 0 Å². The Balaban J connectivity index is 1.41. The number of hydrogen-bond acceptors (Lipinski definition) is 6. The molecule has 9 nitrogen and oxygen atoms in total. The van der Waals surface area contributed by atoms with Gasteiger partial charge in [-0.05, 0) is 99.5 Å². The van der Waals surface area contributed by atoms with Gasteiger partial charge in [-0.2, -0.15) is 0 Å². The van der Waals surface area contributed by atoms with Crippen molar-refractivity contribution in [3.05, 3.63) is 111 Å². The van der Waals surface area contributed by atoms with Crippen LogP contribution in [0, 0.1) is 23.3 Å². The van der Waals surface area contributed by atoms with Gasteiger partial charge in [0, 0.05) is 59.1 Å². The van der Waals surface area contributed by atoms with Crippen molar-refractivity contribution < 1.29 is 31.9 Å². The quantitative estimate of drug-likeness (QED) is 0.0794. The van der Waals surface area contributed by atoms with Gasteiger partial charge < -0.3 is 15.0 Å². The van der Waals surface area contributed by atoms with Crippen LogP contribution in [0.5, 0.6) is 0 Å². The summed E-state index contributed by atoms with van der Waals surface area (Å²) < 4.78 is 66.0. The highest BCUT2D eigenvalue weighted by molar-refractivity contribution is 7.97. The van der Waals surface area contributed by atoms with Gasteiger partial charge in [0.2, 0.25) is 5.91 Å². The molecule has 5 atom stereocenters. The monoisotopic (exact) mass is 698 g/mol. The molecule has 0 spiro atoms. The zero-order valence-electron chi connectivity index (χ0n) is 27.4. The fourth-order valence-electron chi connectivity index (χ4n) is 6.36. The number of carbonyl (C=O) groups is 2. The van der Waals surface area contributed by atoms with E-state index in [0.29, 0.717) is 25.6 Å². The maximum absolute atomic E-state index is 15.5. The van der Waals surface area contributed by atoms with E-state index < -0.39 is 46.7 Å². The number of piperazine rings is 1. The van der Waals surface area contributed by atoms with Gasteiger partial charge in [-0.15, -0.1) is 0 Å². The topological polar surface area (TPSA) is 111 Å². The first kappa shape index (κ1) is 36.0. The largest absolute Gasteiger partial charge is 0.444 e. The van der Waals surface area contributed by atoms with E-state index in [4.69, 9.17) is 4.74 Å². The lowest BCUT2D eigenvalue weighted by atomic mass is 9.84. The number of carbonyl (C=O) groups excluding carboxylic acids is 2. The third kappa shape index (κ3) is 9.05. The van der Waals surface area contributed by atoms with E-state index >= 15 is 4.39 Å². The molecule has 3 aromatic carbocycles. The summed E-state index contributed by atoms with van der Waals surface area (Å²) in [5.74, 6) is -4.17. The summed E-state index contributed by atoms with van der Waals surface area (Å²) in [4.78, 5) is 31.7. The van der Waals surface area contributed by atoms with Crippen LogP contribution in [0.3, 0.4) is 0 Å². The zero-order chi connectivity index (χ0) is 35.3. The average Bonchev–Trinajstić information content (AvgIpc) is 3.23. The number of nitrogens with zero attached hydrogens (tertiary/aromatic N) is 5. The number of halogens is 4. The molecule has 0 saturated carbocycles. The molecule has 14 heteroatoms. The summed E-state index contributed by atoms with van der Waals surface area (Å²) in [7, 11) is 0. The number of fused-ring (bicyclic) bond motifs is 2. The Hall–Kier alpha value is -4.26. The van der Waals surface area contributed by atoms with Crippen LogP contribution in [0.4, 0.5) is 28.0 Å². The van der Waals surface area contributed by atoms with Crippen LogP contribution < -0.4 is 5.32 Å². The molecule has 260 valence electrons. The van der Waals surface area contributed by atoms with Crippen LogP contribution in [0.15, 0.2) is 65.8 Å². The fourth-order valence-corrected chi connectivity index (χ4v) is 7.55. The Kier molecular flexibility index (Phi) is 11.4. The van der Waals surface area contributed by atoms with Gasteiger partial charge in [0.1, 0.15) is 34.9 Å². The molecule has 0 aliphatic carbocycles. The first-order valence-electron chi connectivity index (χ1n) is 16.1. The third-order valence-corrected chi connectivity index (χ3v) is 9.80. The number of benzene rings is 3. The number of rotatable bonds is 9. The molecular formula is C35H38F4N6O3S. The molecule has 1 N–H and O–H groups in total. The number of hydrogen-bond donors (Lipinski definition) is 1. The van der Waals surface area contributed by atoms with E-state index in [1.54, 1.807) is 16.8 Å². The Morgan fingerprint density at radius 1 is 1.02 bits per heavy atom. The van der Waals surface area contributed by atoms with Gasteiger partial charge in [-0.1, -0.05) is 35.3 Å². The Morgan fingerprint density at radius 2 is 1.73 bits per heavy atom. The van der Waals surface area contributed by atoms with E-state index in [9.17, 15) is 28.3 Å². The van der Waals surface area contributed by atoms with E-state index in [2.05, 4.69) is 19.6 Å². The zero-order valence-corrected chi connectivity index (χ0v) is 28.2. The molecule has 3 unspecified atom stereocenters. The SMILES string of the molecule is CC(C)(C)OC(=O)N1CC(CCc2c(F)cccc2NC(=O)[C@@H](N=[N+]=[N-])[C@@H](c2ccc(F)cc2)c2cc(F)cc(F)c2)N2CC1CCCS2. The van der Waals surface area contributed by atoms with Crippen LogP contribution in [-0.4, -0.2) is 63.8 Å². The summed E-state index contributed by atoms with van der Waals surface area (Å²) in [6.45, 7) is 6.50.